The molecule has 0 unspecified atom stereocenters. The first-order chi connectivity index (χ1) is 10.3. The van der Waals surface area contributed by atoms with Gasteiger partial charge < -0.3 is 5.32 Å². The van der Waals surface area contributed by atoms with Gasteiger partial charge in [-0.1, -0.05) is 31.2 Å². The summed E-state index contributed by atoms with van der Waals surface area (Å²) in [6.45, 7) is 2.48. The molecule has 0 atom stereocenters. The number of H-pyrrole nitrogens is 1. The van der Waals surface area contributed by atoms with E-state index in [4.69, 9.17) is 0 Å². The smallest absolute Gasteiger partial charge is 0.272 e. The highest BCUT2D eigenvalue weighted by molar-refractivity contribution is 6.04. The number of carbonyl (C=O) groups is 1. The first-order valence-corrected chi connectivity index (χ1v) is 6.93. The van der Waals surface area contributed by atoms with Crippen LogP contribution in [0.25, 0.3) is 10.9 Å². The molecule has 0 radical (unpaired) electrons. The molecular weight excluding hydrogens is 264 g/mol. The van der Waals surface area contributed by atoms with Gasteiger partial charge in [0.05, 0.1) is 17.8 Å². The molecule has 106 valence electrons. The molecule has 0 aliphatic heterocycles. The highest BCUT2D eigenvalue weighted by atomic mass is 16.1. The van der Waals surface area contributed by atoms with Gasteiger partial charge in [-0.05, 0) is 24.1 Å². The number of nitrogens with one attached hydrogen (secondary N) is 2. The van der Waals surface area contributed by atoms with E-state index in [1.807, 2.05) is 36.4 Å². The lowest BCUT2D eigenvalue weighted by Gasteiger charge is -2.07. The Morgan fingerprint density at radius 3 is 2.95 bits per heavy atom. The van der Waals surface area contributed by atoms with Gasteiger partial charge in [-0.3, -0.25) is 14.9 Å². The first-order valence-electron chi connectivity index (χ1n) is 6.93. The number of rotatable bonds is 4. The molecule has 5 heteroatoms. The van der Waals surface area contributed by atoms with E-state index in [-0.39, 0.29) is 5.91 Å². The van der Waals surface area contributed by atoms with Crippen molar-refractivity contribution < 1.29 is 4.79 Å². The fourth-order valence-corrected chi connectivity index (χ4v) is 2.34. The summed E-state index contributed by atoms with van der Waals surface area (Å²) in [7, 11) is 0. The Morgan fingerprint density at radius 2 is 2.10 bits per heavy atom. The van der Waals surface area contributed by atoms with Crippen LogP contribution in [0.3, 0.4) is 0 Å². The third kappa shape index (κ3) is 2.63. The van der Waals surface area contributed by atoms with E-state index in [2.05, 4.69) is 27.4 Å². The number of hydrogen-bond acceptors (Lipinski definition) is 3. The van der Waals surface area contributed by atoms with E-state index >= 15 is 0 Å². The van der Waals surface area contributed by atoms with Gasteiger partial charge in [-0.2, -0.15) is 5.10 Å². The minimum atomic E-state index is -0.194. The number of pyridine rings is 1. The molecule has 0 spiro atoms. The van der Waals surface area contributed by atoms with E-state index < -0.39 is 0 Å². The average molecular weight is 280 g/mol. The summed E-state index contributed by atoms with van der Waals surface area (Å²) in [6.07, 6.45) is 2.63. The van der Waals surface area contributed by atoms with Crippen molar-refractivity contribution in [1.29, 1.82) is 0 Å². The maximum atomic E-state index is 12.3. The largest absolute Gasteiger partial charge is 0.345 e. The van der Waals surface area contributed by atoms with Crippen molar-refractivity contribution in [2.75, 3.05) is 0 Å². The number of fused-ring (bicyclic) bond motifs is 1. The number of aromatic nitrogens is 3. The number of nitrogens with zero attached hydrogens (tertiary/aromatic N) is 2. The monoisotopic (exact) mass is 280 g/mol. The summed E-state index contributed by atoms with van der Waals surface area (Å²) in [5.74, 6) is -0.194. The lowest BCUT2D eigenvalue weighted by Crippen LogP contribution is -2.24. The van der Waals surface area contributed by atoms with Gasteiger partial charge in [0.15, 0.2) is 5.69 Å². The molecule has 0 aliphatic rings. The molecule has 1 aromatic carbocycles. The third-order valence-corrected chi connectivity index (χ3v) is 3.47. The Hall–Kier alpha value is -2.69. The van der Waals surface area contributed by atoms with Gasteiger partial charge in [0.2, 0.25) is 0 Å². The maximum Gasteiger partial charge on any atom is 0.272 e. The van der Waals surface area contributed by atoms with Crippen molar-refractivity contribution >= 4 is 16.8 Å². The van der Waals surface area contributed by atoms with Crippen molar-refractivity contribution in [1.82, 2.24) is 20.5 Å². The lowest BCUT2D eigenvalue weighted by molar-refractivity contribution is 0.0947. The third-order valence-electron chi connectivity index (χ3n) is 3.47. The molecule has 3 rings (SSSR count). The predicted molar refractivity (Wildman–Crippen MR) is 80.9 cm³/mol. The van der Waals surface area contributed by atoms with Crippen LogP contribution in [-0.4, -0.2) is 21.1 Å². The molecule has 2 heterocycles. The molecular formula is C16H16N4O. The van der Waals surface area contributed by atoms with Gasteiger partial charge in [-0.25, -0.2) is 0 Å². The Bertz CT molecular complexity index is 779. The number of benzene rings is 1. The van der Waals surface area contributed by atoms with Crippen molar-refractivity contribution in [3.8, 4) is 0 Å². The van der Waals surface area contributed by atoms with Crippen LogP contribution in [-0.2, 0) is 13.0 Å². The maximum absolute atomic E-state index is 12.3. The zero-order chi connectivity index (χ0) is 14.7. The SMILES string of the molecule is CCc1cccnc1CNC(=O)c1n[nH]c2ccccc12. The molecule has 0 bridgehead atoms. The second-order valence-corrected chi connectivity index (χ2v) is 4.76. The van der Waals surface area contributed by atoms with E-state index in [0.717, 1.165) is 28.6 Å². The van der Waals surface area contributed by atoms with Crippen LogP contribution < -0.4 is 5.32 Å². The zero-order valence-electron chi connectivity index (χ0n) is 11.8. The predicted octanol–water partition coefficient (Wildman–Crippen LogP) is 2.45. The summed E-state index contributed by atoms with van der Waals surface area (Å²) in [4.78, 5) is 16.6. The Balaban J connectivity index is 1.78. The van der Waals surface area contributed by atoms with Crippen molar-refractivity contribution in [3.05, 3.63) is 59.5 Å². The Morgan fingerprint density at radius 1 is 1.24 bits per heavy atom. The van der Waals surface area contributed by atoms with Crippen molar-refractivity contribution in [3.63, 3.8) is 0 Å². The quantitative estimate of drug-likeness (QED) is 0.771. The molecule has 21 heavy (non-hydrogen) atoms. The number of amides is 1. The van der Waals surface area contributed by atoms with E-state index in [0.29, 0.717) is 12.2 Å². The molecule has 0 fully saturated rings. The molecule has 3 aromatic rings. The normalized spacial score (nSPS) is 10.7. The molecule has 2 aromatic heterocycles. The van der Waals surface area contributed by atoms with Gasteiger partial charge in [0, 0.05) is 11.6 Å². The number of carbonyl (C=O) groups excluding carboxylic acids is 1. The highest BCUT2D eigenvalue weighted by Crippen LogP contribution is 2.15. The zero-order valence-corrected chi connectivity index (χ0v) is 11.8. The fraction of sp³-hybridized carbons (Fsp3) is 0.188. The molecule has 0 saturated carbocycles. The van der Waals surface area contributed by atoms with E-state index in [1.54, 1.807) is 6.20 Å². The highest BCUT2D eigenvalue weighted by Gasteiger charge is 2.14. The van der Waals surface area contributed by atoms with Gasteiger partial charge in [0.1, 0.15) is 0 Å². The summed E-state index contributed by atoms with van der Waals surface area (Å²) < 4.78 is 0. The van der Waals surface area contributed by atoms with Crippen LogP contribution in [0.2, 0.25) is 0 Å². The molecule has 5 nitrogen and oxygen atoms in total. The minimum Gasteiger partial charge on any atom is -0.345 e. The van der Waals surface area contributed by atoms with Crippen LogP contribution in [0.1, 0.15) is 28.7 Å². The number of hydrogen-bond donors (Lipinski definition) is 2. The lowest BCUT2D eigenvalue weighted by atomic mass is 10.1. The Labute approximate surface area is 122 Å². The summed E-state index contributed by atoms with van der Waals surface area (Å²) in [6, 6.07) is 11.5. The average Bonchev–Trinajstić information content (AvgIpc) is 2.97. The molecule has 0 saturated heterocycles. The Kier molecular flexibility index (Phi) is 3.64. The number of aromatic amines is 1. The van der Waals surface area contributed by atoms with Gasteiger partial charge in [-0.15, -0.1) is 0 Å². The minimum absolute atomic E-state index is 0.194. The van der Waals surface area contributed by atoms with Crippen molar-refractivity contribution in [2.24, 2.45) is 0 Å². The van der Waals surface area contributed by atoms with Gasteiger partial charge >= 0.3 is 0 Å². The van der Waals surface area contributed by atoms with E-state index in [9.17, 15) is 4.79 Å². The van der Waals surface area contributed by atoms with Crippen LogP contribution in [0.4, 0.5) is 0 Å². The summed E-state index contributed by atoms with van der Waals surface area (Å²) in [5, 5.41) is 10.7. The molecule has 2 N–H and O–H groups in total. The second kappa shape index (κ2) is 5.75. The van der Waals surface area contributed by atoms with E-state index in [1.165, 1.54) is 0 Å². The topological polar surface area (TPSA) is 70.7 Å². The fourth-order valence-electron chi connectivity index (χ4n) is 2.34. The second-order valence-electron chi connectivity index (χ2n) is 4.76. The summed E-state index contributed by atoms with van der Waals surface area (Å²) >= 11 is 0. The standard InChI is InChI=1S/C16H16N4O/c1-2-11-6-5-9-17-14(11)10-18-16(21)15-12-7-3-4-8-13(12)19-20-15/h3-9H,2,10H2,1H3,(H,18,21)(H,19,20). The molecule has 1 amide bonds. The number of aryl methyl sites for hydroxylation is 1. The summed E-state index contributed by atoms with van der Waals surface area (Å²) in [5.41, 5.74) is 3.31. The van der Waals surface area contributed by atoms with Crippen LogP contribution >= 0.6 is 0 Å². The van der Waals surface area contributed by atoms with Crippen LogP contribution in [0.5, 0.6) is 0 Å². The van der Waals surface area contributed by atoms with Gasteiger partial charge in [0.25, 0.3) is 5.91 Å². The number of para-hydroxylation sites is 1. The molecule has 0 aliphatic carbocycles. The first kappa shape index (κ1) is 13.3. The van der Waals surface area contributed by atoms with Crippen LogP contribution in [0, 0.1) is 0 Å². The van der Waals surface area contributed by atoms with Crippen molar-refractivity contribution in [2.45, 2.75) is 19.9 Å². The van der Waals surface area contributed by atoms with Crippen LogP contribution in [0.15, 0.2) is 42.6 Å².